The van der Waals surface area contributed by atoms with E-state index in [0.29, 0.717) is 11.4 Å². The summed E-state index contributed by atoms with van der Waals surface area (Å²) < 4.78 is 34.2. The Morgan fingerprint density at radius 3 is 2.55 bits per heavy atom. The van der Waals surface area contributed by atoms with Crippen molar-refractivity contribution in [2.45, 2.75) is 56.9 Å². The monoisotopic (exact) mass is 476 g/mol. The lowest BCUT2D eigenvalue weighted by Gasteiger charge is -2.26. The van der Waals surface area contributed by atoms with Gasteiger partial charge in [0, 0.05) is 38.4 Å². The molecule has 10 heteroatoms. The molecule has 0 radical (unpaired) electrons. The number of terminal acetylenes is 1. The van der Waals surface area contributed by atoms with Crippen molar-refractivity contribution in [1.82, 2.24) is 14.0 Å². The molecule has 1 saturated heterocycles. The van der Waals surface area contributed by atoms with E-state index >= 15 is 0 Å². The Morgan fingerprint density at radius 2 is 1.97 bits per heavy atom. The molecule has 2 heterocycles. The van der Waals surface area contributed by atoms with Crippen LogP contribution in [0.15, 0.2) is 28.2 Å². The van der Waals surface area contributed by atoms with Crippen molar-refractivity contribution >= 4 is 33.2 Å². The Hall–Kier alpha value is -2.90. The van der Waals surface area contributed by atoms with Crippen LogP contribution in [0, 0.1) is 18.8 Å². The van der Waals surface area contributed by atoms with Gasteiger partial charge in [0.2, 0.25) is 0 Å². The fourth-order valence-electron chi connectivity index (χ4n) is 3.66. The number of sulfonamides is 1. The topological polar surface area (TPSA) is 114 Å². The molecule has 0 spiro atoms. The van der Waals surface area contributed by atoms with E-state index < -0.39 is 16.0 Å². The normalized spacial score (nSPS) is 15.3. The van der Waals surface area contributed by atoms with Gasteiger partial charge in [0.15, 0.2) is 0 Å². The molecule has 1 N–H and O–H groups in total. The number of ether oxygens (including phenoxy) is 1. The number of nitrogens with zero attached hydrogens (tertiary/aromatic N) is 4. The van der Waals surface area contributed by atoms with E-state index in [4.69, 9.17) is 14.8 Å². The van der Waals surface area contributed by atoms with Crippen molar-refractivity contribution in [3.05, 3.63) is 24.0 Å². The molecule has 3 rings (SSSR count). The Morgan fingerprint density at radius 1 is 1.33 bits per heavy atom. The van der Waals surface area contributed by atoms with Gasteiger partial charge in [-0.1, -0.05) is 20.8 Å². The largest absolute Gasteiger partial charge is 0.481 e. The number of carbonyl (C=O) groups is 1. The average Bonchev–Trinajstić information content (AvgIpc) is 3.13. The molecule has 0 bridgehead atoms. The maximum Gasteiger partial charge on any atom is 0.308 e. The number of hydrazone groups is 1. The van der Waals surface area contributed by atoms with Gasteiger partial charge in [0.1, 0.15) is 5.82 Å². The summed E-state index contributed by atoms with van der Waals surface area (Å²) in [5, 5.41) is 12.4. The maximum atomic E-state index is 12.9. The minimum absolute atomic E-state index is 0.0613. The molecular weight excluding hydrogens is 444 g/mol. The Labute approximate surface area is 195 Å². The highest BCUT2D eigenvalue weighted by atomic mass is 32.2. The Kier molecular flexibility index (Phi) is 8.63. The van der Waals surface area contributed by atoms with Crippen LogP contribution in [0.2, 0.25) is 0 Å². The van der Waals surface area contributed by atoms with Gasteiger partial charge in [0.05, 0.1) is 22.3 Å². The van der Waals surface area contributed by atoms with E-state index in [-0.39, 0.29) is 16.7 Å². The number of aromatic nitrogens is 2. The van der Waals surface area contributed by atoms with Crippen LogP contribution in [-0.2, 0) is 31.5 Å². The predicted octanol–water partition coefficient (Wildman–Crippen LogP) is 3.09. The van der Waals surface area contributed by atoms with Crippen LogP contribution in [0.5, 0.6) is 0 Å². The number of rotatable bonds is 7. The molecule has 2 aromatic rings. The van der Waals surface area contributed by atoms with Crippen molar-refractivity contribution in [3.8, 4) is 12.8 Å². The zero-order valence-corrected chi connectivity index (χ0v) is 20.4. The molecule has 0 unspecified atom stereocenters. The Balaban J connectivity index is 0.00000187. The summed E-state index contributed by atoms with van der Waals surface area (Å²) in [4.78, 5) is 15.5. The molecule has 1 aromatic carbocycles. The number of carboxylic acids is 1. The molecular formula is C23H32N4O5S. The molecule has 1 fully saturated rings. The third-order valence-corrected chi connectivity index (χ3v) is 6.97. The first-order chi connectivity index (χ1) is 15.5. The first-order valence-electron chi connectivity index (χ1n) is 10.6. The zero-order valence-electron chi connectivity index (χ0n) is 19.6. The van der Waals surface area contributed by atoms with Crippen LogP contribution in [0.3, 0.4) is 0 Å². The summed E-state index contributed by atoms with van der Waals surface area (Å²) in [5.41, 5.74) is 1.30. The second-order valence-electron chi connectivity index (χ2n) is 8.84. The van der Waals surface area contributed by atoms with E-state index in [1.54, 1.807) is 18.2 Å². The Bertz CT molecular complexity index is 1120. The van der Waals surface area contributed by atoms with E-state index in [0.717, 1.165) is 54.6 Å². The van der Waals surface area contributed by atoms with Gasteiger partial charge in [-0.2, -0.15) is 17.9 Å². The van der Waals surface area contributed by atoms with Crippen LogP contribution >= 0.6 is 0 Å². The van der Waals surface area contributed by atoms with Crippen molar-refractivity contribution in [2.24, 2.45) is 11.0 Å². The van der Waals surface area contributed by atoms with Gasteiger partial charge in [-0.05, 0) is 37.0 Å². The van der Waals surface area contributed by atoms with Gasteiger partial charge in [-0.3, -0.25) is 4.79 Å². The molecule has 9 nitrogen and oxygen atoms in total. The number of hydrogen-bond donors (Lipinski definition) is 1. The standard InChI is InChI=1S/C21H30N4O5S.C2H2/c1-21(2,3)20-23-17-13-16(31(28,29)24(4)22-10-7-19(26)27)5-6-18(17)25(20)14-15-8-11-30-12-9-15;1-2/h5-6,10,13,15H,7-9,11-12,14H2,1-4H3,(H,26,27);1-2H/b22-10-;. The van der Waals surface area contributed by atoms with Crippen LogP contribution in [0.1, 0.15) is 45.9 Å². The fraction of sp³-hybridized carbons (Fsp3) is 0.522. The van der Waals surface area contributed by atoms with Crippen LogP contribution in [-0.4, -0.2) is 59.9 Å². The molecule has 0 amide bonds. The van der Waals surface area contributed by atoms with Crippen molar-refractivity contribution in [3.63, 3.8) is 0 Å². The van der Waals surface area contributed by atoms with Gasteiger partial charge in [-0.25, -0.2) is 4.98 Å². The average molecular weight is 477 g/mol. The second-order valence-corrected chi connectivity index (χ2v) is 10.8. The van der Waals surface area contributed by atoms with Gasteiger partial charge in [-0.15, -0.1) is 12.8 Å². The number of aliphatic carboxylic acids is 1. The first kappa shape index (κ1) is 26.4. The molecule has 0 aliphatic carbocycles. The third kappa shape index (κ3) is 6.33. The van der Waals surface area contributed by atoms with Crippen molar-refractivity contribution in [1.29, 1.82) is 0 Å². The summed E-state index contributed by atoms with van der Waals surface area (Å²) in [6.45, 7) is 8.63. The summed E-state index contributed by atoms with van der Waals surface area (Å²) >= 11 is 0. The molecule has 33 heavy (non-hydrogen) atoms. The number of benzene rings is 1. The first-order valence-corrected chi connectivity index (χ1v) is 12.1. The molecule has 1 aliphatic rings. The number of fused-ring (bicyclic) bond motifs is 1. The SMILES string of the molecule is C#C.CN(/N=C\CC(=O)O)S(=O)(=O)c1ccc2c(c1)nc(C(C)(C)C)n2CC1CCOCC1. The number of hydrogen-bond acceptors (Lipinski definition) is 6. The van der Waals surface area contributed by atoms with Crippen molar-refractivity contribution < 1.29 is 23.1 Å². The van der Waals surface area contributed by atoms with Crippen LogP contribution < -0.4 is 0 Å². The fourth-order valence-corrected chi connectivity index (χ4v) is 4.66. The molecule has 0 saturated carbocycles. The number of imidazole rings is 1. The lowest BCUT2D eigenvalue weighted by Crippen LogP contribution is -2.25. The van der Waals surface area contributed by atoms with Gasteiger partial charge in [0.25, 0.3) is 10.0 Å². The third-order valence-electron chi connectivity index (χ3n) is 5.33. The maximum absolute atomic E-state index is 12.9. The van der Waals surface area contributed by atoms with Gasteiger partial charge >= 0.3 is 5.97 Å². The molecule has 1 aliphatic heterocycles. The van der Waals surface area contributed by atoms with E-state index in [1.165, 1.54) is 7.05 Å². The quantitative estimate of drug-likeness (QED) is 0.373. The summed E-state index contributed by atoms with van der Waals surface area (Å²) in [7, 11) is -2.64. The highest BCUT2D eigenvalue weighted by Crippen LogP contribution is 2.30. The lowest BCUT2D eigenvalue weighted by atomic mass is 9.94. The van der Waals surface area contributed by atoms with Crippen molar-refractivity contribution in [2.75, 3.05) is 20.3 Å². The summed E-state index contributed by atoms with van der Waals surface area (Å²) in [6, 6.07) is 4.90. The smallest absolute Gasteiger partial charge is 0.308 e. The second kappa shape index (κ2) is 10.8. The predicted molar refractivity (Wildman–Crippen MR) is 128 cm³/mol. The molecule has 0 atom stereocenters. The number of carboxylic acid groups (broad SMARTS) is 1. The highest BCUT2D eigenvalue weighted by molar-refractivity contribution is 7.89. The highest BCUT2D eigenvalue weighted by Gasteiger charge is 2.27. The summed E-state index contributed by atoms with van der Waals surface area (Å²) in [5.74, 6) is 0.322. The van der Waals surface area contributed by atoms with E-state index in [9.17, 15) is 13.2 Å². The van der Waals surface area contributed by atoms with Crippen LogP contribution in [0.4, 0.5) is 0 Å². The minimum atomic E-state index is -3.92. The van der Waals surface area contributed by atoms with E-state index in [1.807, 2.05) is 0 Å². The summed E-state index contributed by atoms with van der Waals surface area (Å²) in [6.07, 6.45) is 10.7. The van der Waals surface area contributed by atoms with E-state index in [2.05, 4.69) is 43.3 Å². The molecule has 1 aromatic heterocycles. The van der Waals surface area contributed by atoms with Crippen LogP contribution in [0.25, 0.3) is 11.0 Å². The van der Waals surface area contributed by atoms with Gasteiger partial charge < -0.3 is 14.4 Å². The molecule has 180 valence electrons. The minimum Gasteiger partial charge on any atom is -0.481 e. The zero-order chi connectivity index (χ0) is 24.8. The lowest BCUT2D eigenvalue weighted by molar-refractivity contribution is -0.135.